The van der Waals surface area contributed by atoms with Gasteiger partial charge in [-0.2, -0.15) is 0 Å². The summed E-state index contributed by atoms with van der Waals surface area (Å²) in [4.78, 5) is 118. The van der Waals surface area contributed by atoms with Gasteiger partial charge in [-0.1, -0.05) is 62.9 Å². The number of amides is 8. The molecule has 1 aromatic carbocycles. The van der Waals surface area contributed by atoms with Crippen LogP contribution in [0.4, 0.5) is 0 Å². The zero-order chi connectivity index (χ0) is 68.5. The molecular weight excluding hydrogens is 1250 g/mol. The molecule has 12 rings (SSSR count). The molecule has 1 aromatic rings. The molecular formula is C71H99N7O19. The van der Waals surface area contributed by atoms with Crippen LogP contribution in [0.3, 0.4) is 0 Å². The Balaban J connectivity index is 0.631. The Morgan fingerprint density at radius 1 is 0.701 bits per heavy atom. The van der Waals surface area contributed by atoms with Crippen LogP contribution in [-0.4, -0.2) is 210 Å². The predicted octanol–water partition coefficient (Wildman–Crippen LogP) is 2.37. The summed E-state index contributed by atoms with van der Waals surface area (Å²) in [5.41, 5.74) is 3.42. The van der Waals surface area contributed by atoms with Gasteiger partial charge in [-0.25, -0.2) is 0 Å². The Labute approximate surface area is 566 Å². The molecule has 0 aromatic heterocycles. The van der Waals surface area contributed by atoms with Gasteiger partial charge < -0.3 is 80.4 Å². The Morgan fingerprint density at radius 2 is 1.44 bits per heavy atom. The van der Waals surface area contributed by atoms with Crippen LogP contribution in [0.5, 0.6) is 0 Å². The molecule has 532 valence electrons. The number of ether oxygens (including phenoxy) is 7. The number of rotatable bonds is 25. The van der Waals surface area contributed by atoms with Crippen molar-refractivity contribution in [2.75, 3.05) is 39.5 Å². The standard InChI is InChI=1S/C71H99N7O19/c1-39-13-16-47-17-19-55-40(2)24-49(93-55)21-22-71(90)33-54(81)51-31-52-65(51)96-56-20-18-48(95-67(56)66(52)97-71)29-45(79)27-44-28-50(94-58(44)32-57(39)92-47)30-46(80)34-74-69(88)64(43-14-15-43)91-38-76-61(84)36-75-68(87)53(26-42-10-6-4-7-11-42)77-62(85)37-73-60(83)35-72-59(82)12-8-5-9-23-78-63(86)25-41(3)70(78)89/h4,6-7,10-11,28,41,43,46-58,64-67,80-81,90H,1-2,5,8-9,12-27,29-38H2,3H3,(H,72,82)(H,73,83)(H,74,88)(H,75,87)(H,76,84)(H,77,85)/t41?,46-,47+,48+,49-,50-,51-,52+,53-,54?,55-,56-,57+,58-,64+,65?,66+,67?,71-/m0/s1. The first-order chi connectivity index (χ1) is 46.6. The smallest absolute Gasteiger partial charge is 0.249 e. The maximum Gasteiger partial charge on any atom is 0.249 e. The van der Waals surface area contributed by atoms with Gasteiger partial charge in [0.1, 0.15) is 30.8 Å². The lowest BCUT2D eigenvalue weighted by Crippen LogP contribution is -2.70. The number of nitrogens with zero attached hydrogens (tertiary/aromatic N) is 1. The monoisotopic (exact) mass is 1350 g/mol. The average Bonchev–Trinajstić information content (AvgIpc) is 1.56. The summed E-state index contributed by atoms with van der Waals surface area (Å²) in [5, 5.41) is 50.5. The van der Waals surface area contributed by atoms with Crippen LogP contribution in [0.25, 0.3) is 0 Å². The quantitative estimate of drug-likeness (QED) is 0.0294. The van der Waals surface area contributed by atoms with Crippen molar-refractivity contribution in [3.8, 4) is 0 Å². The van der Waals surface area contributed by atoms with Crippen molar-refractivity contribution in [3.63, 3.8) is 0 Å². The normalized spacial score (nSPS) is 33.5. The van der Waals surface area contributed by atoms with E-state index in [2.05, 4.69) is 45.1 Å². The maximum absolute atomic E-state index is 14.3. The van der Waals surface area contributed by atoms with Gasteiger partial charge in [-0.15, -0.1) is 0 Å². The minimum absolute atomic E-state index is 0.0397. The van der Waals surface area contributed by atoms with Crippen LogP contribution in [0.15, 0.2) is 66.3 Å². The first-order valence-electron chi connectivity index (χ1n) is 35.4. The van der Waals surface area contributed by atoms with Gasteiger partial charge in [-0.3, -0.25) is 48.1 Å². The SMILES string of the molecule is C=C1C[C@@H]2CC[C@@]3(O)CC(O)[C@@H]4C[C@@H]5C4O[C@H]4CC[C@H](CC(=O)CC6=C[C@@H](C[C@H](O)CNC(=O)[C@H](OCNC(=O)CNC(=O)[C@H](Cc7ccccc7)NC(=O)CNC(=O)CNC(=O)CCCCCN7C(=O)CC(C)C7=O)C7CC7)O[C@H]6C[C@H]6O[C@H](CCC6=C)CC[C@@H]1O2)OC4[C@@H]5O3. The number of Topliss-reactive ketones (excluding diaryl/α,β-unsaturated/α-hetero) is 1. The summed E-state index contributed by atoms with van der Waals surface area (Å²) >= 11 is 0. The molecule has 0 spiro atoms. The van der Waals surface area contributed by atoms with E-state index in [4.69, 9.17) is 33.2 Å². The second kappa shape index (κ2) is 32.8. The number of carbonyl (C=O) groups is 9. The number of aliphatic hydroxyl groups is 3. The van der Waals surface area contributed by atoms with Crippen molar-refractivity contribution in [1.82, 2.24) is 36.8 Å². The lowest BCUT2D eigenvalue weighted by Gasteiger charge is -2.61. The summed E-state index contributed by atoms with van der Waals surface area (Å²) in [6.45, 7) is 8.87. The molecule has 2 saturated carbocycles. The summed E-state index contributed by atoms with van der Waals surface area (Å²) in [6, 6.07) is 7.70. The number of likely N-dealkylation sites (tertiary alicyclic amines) is 1. The second-order valence-electron chi connectivity index (χ2n) is 28.7. The Hall–Kier alpha value is -6.33. The van der Waals surface area contributed by atoms with Crippen LogP contribution in [0.1, 0.15) is 154 Å². The van der Waals surface area contributed by atoms with E-state index < -0.39 is 110 Å². The zero-order valence-corrected chi connectivity index (χ0v) is 55.7. The average molecular weight is 1350 g/mol. The highest BCUT2D eigenvalue weighted by molar-refractivity contribution is 6.03. The van der Waals surface area contributed by atoms with Crippen molar-refractivity contribution < 1.29 is 91.6 Å². The van der Waals surface area contributed by atoms with Crippen molar-refractivity contribution in [2.24, 2.45) is 23.7 Å². The molecule has 8 saturated heterocycles. The number of unbranched alkanes of at least 4 members (excludes halogenated alkanes) is 2. The summed E-state index contributed by atoms with van der Waals surface area (Å²) in [6.07, 6.45) is 5.88. The van der Waals surface area contributed by atoms with Gasteiger partial charge in [0.25, 0.3) is 0 Å². The van der Waals surface area contributed by atoms with Crippen molar-refractivity contribution in [2.45, 2.75) is 252 Å². The van der Waals surface area contributed by atoms with Gasteiger partial charge in [0.05, 0.1) is 92.9 Å². The first kappa shape index (κ1) is 71.9. The number of hydrogen-bond donors (Lipinski definition) is 9. The minimum atomic E-state index is -1.61. The van der Waals surface area contributed by atoms with E-state index in [1.165, 1.54) is 4.90 Å². The summed E-state index contributed by atoms with van der Waals surface area (Å²) in [7, 11) is 0. The number of aliphatic hydroxyl groups excluding tert-OH is 2. The third-order valence-corrected chi connectivity index (χ3v) is 21.1. The number of carbonyl (C=O) groups excluding carboxylic acids is 9. The number of imide groups is 1. The van der Waals surface area contributed by atoms with Crippen LogP contribution in [0, 0.1) is 23.7 Å². The summed E-state index contributed by atoms with van der Waals surface area (Å²) in [5.74, 6) is -6.17. The number of ketones is 1. The Morgan fingerprint density at radius 3 is 2.23 bits per heavy atom. The van der Waals surface area contributed by atoms with Gasteiger partial charge in [-0.05, 0) is 112 Å². The van der Waals surface area contributed by atoms with Gasteiger partial charge in [0.15, 0.2) is 5.79 Å². The molecule has 97 heavy (non-hydrogen) atoms. The molecule has 8 amide bonds. The van der Waals surface area contributed by atoms with Crippen LogP contribution < -0.4 is 31.9 Å². The predicted molar refractivity (Wildman–Crippen MR) is 346 cm³/mol. The lowest BCUT2D eigenvalue weighted by molar-refractivity contribution is -0.369. The molecule has 0 radical (unpaired) electrons. The molecule has 26 nitrogen and oxygen atoms in total. The third-order valence-electron chi connectivity index (χ3n) is 21.1. The molecule has 9 N–H and O–H groups in total. The number of nitrogens with one attached hydrogen (secondary N) is 6. The largest absolute Gasteiger partial charge is 0.393 e. The molecule has 4 unspecified atom stereocenters. The number of fused-ring (bicyclic) bond motifs is 7. The molecule has 11 bridgehead atoms. The minimum Gasteiger partial charge on any atom is -0.393 e. The molecule has 26 heteroatoms. The van der Waals surface area contributed by atoms with E-state index in [1.54, 1.807) is 37.3 Å². The van der Waals surface area contributed by atoms with Crippen molar-refractivity contribution in [1.29, 1.82) is 0 Å². The van der Waals surface area contributed by atoms with E-state index >= 15 is 0 Å². The molecule has 2 aliphatic carbocycles. The fraction of sp³-hybridized carbons (Fsp3) is 0.704. The fourth-order valence-corrected chi connectivity index (χ4v) is 15.5. The highest BCUT2D eigenvalue weighted by Gasteiger charge is 2.62. The highest BCUT2D eigenvalue weighted by Crippen LogP contribution is 2.54. The molecule has 10 fully saturated rings. The van der Waals surface area contributed by atoms with Crippen molar-refractivity contribution in [3.05, 3.63) is 71.8 Å². The van der Waals surface area contributed by atoms with Gasteiger partial charge in [0, 0.05) is 88.6 Å². The highest BCUT2D eigenvalue weighted by atomic mass is 16.7. The molecule has 11 aliphatic rings. The molecule has 19 atom stereocenters. The van der Waals surface area contributed by atoms with Crippen molar-refractivity contribution >= 4 is 53.0 Å². The van der Waals surface area contributed by atoms with Crippen LogP contribution in [-0.2, 0) is 82.7 Å². The number of hydrogen-bond acceptors (Lipinski definition) is 19. The molecule has 9 aliphatic heterocycles. The van der Waals surface area contributed by atoms with Gasteiger partial charge in [0.2, 0.25) is 47.3 Å². The third kappa shape index (κ3) is 19.2. The lowest BCUT2D eigenvalue weighted by atomic mass is 9.61. The van der Waals surface area contributed by atoms with E-state index in [9.17, 15) is 58.5 Å². The van der Waals surface area contributed by atoms with Crippen LogP contribution >= 0.6 is 0 Å². The van der Waals surface area contributed by atoms with E-state index in [0.717, 1.165) is 36.0 Å². The topological polar surface area (TPSA) is 354 Å². The fourth-order valence-electron chi connectivity index (χ4n) is 15.5. The maximum atomic E-state index is 14.3. The van der Waals surface area contributed by atoms with Gasteiger partial charge >= 0.3 is 0 Å². The second-order valence-corrected chi connectivity index (χ2v) is 28.7. The number of benzene rings is 1. The Kier molecular flexibility index (Phi) is 24.3. The summed E-state index contributed by atoms with van der Waals surface area (Å²) < 4.78 is 46.1. The Bertz CT molecular complexity index is 3090. The van der Waals surface area contributed by atoms with E-state index in [0.29, 0.717) is 89.2 Å². The zero-order valence-electron chi connectivity index (χ0n) is 55.7. The van der Waals surface area contributed by atoms with E-state index in [1.807, 2.05) is 6.08 Å². The first-order valence-corrected chi connectivity index (χ1v) is 35.4. The van der Waals surface area contributed by atoms with Crippen LogP contribution in [0.2, 0.25) is 0 Å². The van der Waals surface area contributed by atoms with E-state index in [-0.39, 0.29) is 148 Å². The molecule has 9 heterocycles.